The average Bonchev–Trinajstić information content (AvgIpc) is 2.73. The van der Waals surface area contributed by atoms with E-state index in [1.54, 1.807) is 19.1 Å². The number of carbonyl (C=O) groups is 1. The van der Waals surface area contributed by atoms with E-state index in [2.05, 4.69) is 20.9 Å². The molecule has 0 fully saturated rings. The Hall–Kier alpha value is -1.27. The lowest BCUT2D eigenvalue weighted by Gasteiger charge is -1.97. The Kier molecular flexibility index (Phi) is 4.08. The summed E-state index contributed by atoms with van der Waals surface area (Å²) in [7, 11) is 0. The molecular weight excluding hydrogens is 321 g/mol. The number of thiazole rings is 1. The maximum atomic E-state index is 12.8. The first kappa shape index (κ1) is 13.2. The molecular formula is C12H9BrFNO2S. The molecule has 18 heavy (non-hydrogen) atoms. The van der Waals surface area contributed by atoms with E-state index < -0.39 is 5.97 Å². The number of hydrogen-bond acceptors (Lipinski definition) is 4. The molecule has 0 saturated heterocycles. The molecule has 1 aromatic carbocycles. The fourth-order valence-electron chi connectivity index (χ4n) is 1.37. The first-order valence-corrected chi connectivity index (χ1v) is 6.82. The third kappa shape index (κ3) is 2.76. The molecule has 2 aromatic rings. The van der Waals surface area contributed by atoms with Crippen molar-refractivity contribution in [1.82, 2.24) is 4.98 Å². The molecule has 0 saturated carbocycles. The van der Waals surface area contributed by atoms with Crippen LogP contribution in [0.15, 0.2) is 28.1 Å². The van der Waals surface area contributed by atoms with Crippen LogP contribution in [0.3, 0.4) is 0 Å². The largest absolute Gasteiger partial charge is 0.461 e. The fourth-order valence-corrected chi connectivity index (χ4v) is 2.85. The highest BCUT2D eigenvalue weighted by Gasteiger charge is 2.17. The van der Waals surface area contributed by atoms with Gasteiger partial charge in [-0.3, -0.25) is 0 Å². The molecule has 0 aliphatic rings. The van der Waals surface area contributed by atoms with Crippen molar-refractivity contribution in [2.75, 3.05) is 6.61 Å². The van der Waals surface area contributed by atoms with Crippen LogP contribution in [0.4, 0.5) is 4.39 Å². The van der Waals surface area contributed by atoms with E-state index >= 15 is 0 Å². The van der Waals surface area contributed by atoms with Crippen molar-refractivity contribution in [3.8, 4) is 11.3 Å². The van der Waals surface area contributed by atoms with Gasteiger partial charge in [-0.05, 0) is 47.1 Å². The molecule has 0 amide bonds. The number of rotatable bonds is 3. The fraction of sp³-hybridized carbons (Fsp3) is 0.167. The normalized spacial score (nSPS) is 10.4. The van der Waals surface area contributed by atoms with Gasteiger partial charge in [0.1, 0.15) is 5.82 Å². The molecule has 0 bridgehead atoms. The molecule has 6 heteroatoms. The van der Waals surface area contributed by atoms with Crippen LogP contribution in [-0.2, 0) is 4.74 Å². The molecule has 0 spiro atoms. The first-order valence-electron chi connectivity index (χ1n) is 5.21. The Morgan fingerprint density at radius 2 is 2.11 bits per heavy atom. The Bertz CT molecular complexity index is 568. The number of benzene rings is 1. The molecule has 2 rings (SSSR count). The van der Waals surface area contributed by atoms with Gasteiger partial charge in [0.15, 0.2) is 0 Å². The maximum absolute atomic E-state index is 12.8. The quantitative estimate of drug-likeness (QED) is 0.802. The molecule has 0 N–H and O–H groups in total. The zero-order valence-corrected chi connectivity index (χ0v) is 11.8. The van der Waals surface area contributed by atoms with Crippen LogP contribution in [0, 0.1) is 5.82 Å². The van der Waals surface area contributed by atoms with Crippen LogP contribution < -0.4 is 0 Å². The van der Waals surface area contributed by atoms with Crippen LogP contribution in [0.2, 0.25) is 0 Å². The van der Waals surface area contributed by atoms with Gasteiger partial charge in [0.25, 0.3) is 0 Å². The minimum atomic E-state index is -0.448. The van der Waals surface area contributed by atoms with Crippen molar-refractivity contribution >= 4 is 33.2 Å². The Balaban J connectivity index is 2.34. The van der Waals surface area contributed by atoms with E-state index in [0.29, 0.717) is 12.3 Å². The second-order valence-corrected chi connectivity index (χ2v) is 5.69. The molecule has 0 atom stereocenters. The van der Waals surface area contributed by atoms with Gasteiger partial charge in [-0.15, -0.1) is 0 Å². The van der Waals surface area contributed by atoms with Crippen molar-refractivity contribution < 1.29 is 13.9 Å². The molecule has 1 aromatic heterocycles. The van der Waals surface area contributed by atoms with Crippen molar-refractivity contribution in [1.29, 1.82) is 0 Å². The zero-order chi connectivity index (χ0) is 13.1. The number of halogens is 2. The smallest absolute Gasteiger partial charge is 0.367 e. The number of hydrogen-bond donors (Lipinski definition) is 0. The molecule has 0 unspecified atom stereocenters. The van der Waals surface area contributed by atoms with Crippen molar-refractivity contribution in [3.63, 3.8) is 0 Å². The number of esters is 1. The zero-order valence-electron chi connectivity index (χ0n) is 9.44. The minimum absolute atomic E-state index is 0.281. The lowest BCUT2D eigenvalue weighted by atomic mass is 10.2. The standard InChI is InChI=1S/C12H9BrFNO2S/c1-2-17-12(16)11-15-9(10(13)18-11)7-3-5-8(14)6-4-7/h3-6H,2H2,1H3. The van der Waals surface area contributed by atoms with Crippen LogP contribution in [0.25, 0.3) is 11.3 Å². The highest BCUT2D eigenvalue weighted by Crippen LogP contribution is 2.33. The Morgan fingerprint density at radius 1 is 1.44 bits per heavy atom. The van der Waals surface area contributed by atoms with E-state index in [0.717, 1.165) is 9.35 Å². The van der Waals surface area contributed by atoms with Crippen LogP contribution in [-0.4, -0.2) is 17.6 Å². The predicted molar refractivity (Wildman–Crippen MR) is 71.2 cm³/mol. The van der Waals surface area contributed by atoms with Gasteiger partial charge < -0.3 is 4.74 Å². The van der Waals surface area contributed by atoms with Gasteiger partial charge in [0.05, 0.1) is 16.1 Å². The molecule has 0 radical (unpaired) electrons. The predicted octanol–water partition coefficient (Wildman–Crippen LogP) is 3.89. The monoisotopic (exact) mass is 329 g/mol. The molecule has 0 aliphatic carbocycles. The topological polar surface area (TPSA) is 39.2 Å². The number of carbonyl (C=O) groups excluding carboxylic acids is 1. The number of nitrogens with zero attached hydrogens (tertiary/aromatic N) is 1. The summed E-state index contributed by atoms with van der Waals surface area (Å²) in [4.78, 5) is 15.7. The first-order chi connectivity index (χ1) is 8.61. The summed E-state index contributed by atoms with van der Waals surface area (Å²) in [5.74, 6) is -0.757. The van der Waals surface area contributed by atoms with E-state index in [1.807, 2.05) is 0 Å². The summed E-state index contributed by atoms with van der Waals surface area (Å²) in [6.45, 7) is 2.04. The minimum Gasteiger partial charge on any atom is -0.461 e. The van der Waals surface area contributed by atoms with Gasteiger partial charge in [0.2, 0.25) is 5.01 Å². The third-order valence-electron chi connectivity index (χ3n) is 2.15. The van der Waals surface area contributed by atoms with Gasteiger partial charge in [-0.25, -0.2) is 14.2 Å². The van der Waals surface area contributed by atoms with Crippen molar-refractivity contribution in [2.45, 2.75) is 6.92 Å². The highest BCUT2D eigenvalue weighted by atomic mass is 79.9. The third-order valence-corrected chi connectivity index (χ3v) is 3.84. The second-order valence-electron chi connectivity index (χ2n) is 3.37. The Morgan fingerprint density at radius 3 is 2.72 bits per heavy atom. The molecule has 94 valence electrons. The van der Waals surface area contributed by atoms with E-state index in [1.165, 1.54) is 23.5 Å². The Labute approximate surface area is 116 Å². The lowest BCUT2D eigenvalue weighted by Crippen LogP contribution is -2.03. The molecule has 1 heterocycles. The van der Waals surface area contributed by atoms with Crippen molar-refractivity contribution in [3.05, 3.63) is 38.9 Å². The number of aromatic nitrogens is 1. The van der Waals surface area contributed by atoms with E-state index in [4.69, 9.17) is 4.74 Å². The highest BCUT2D eigenvalue weighted by molar-refractivity contribution is 9.11. The SMILES string of the molecule is CCOC(=O)c1nc(-c2ccc(F)cc2)c(Br)s1. The van der Waals surface area contributed by atoms with E-state index in [9.17, 15) is 9.18 Å². The van der Waals surface area contributed by atoms with E-state index in [-0.39, 0.29) is 10.8 Å². The summed E-state index contributed by atoms with van der Waals surface area (Å²) in [6, 6.07) is 5.93. The maximum Gasteiger partial charge on any atom is 0.367 e. The summed E-state index contributed by atoms with van der Waals surface area (Å²) in [6.07, 6.45) is 0. The summed E-state index contributed by atoms with van der Waals surface area (Å²) in [5.41, 5.74) is 1.36. The van der Waals surface area contributed by atoms with Gasteiger partial charge in [-0.1, -0.05) is 11.3 Å². The second kappa shape index (κ2) is 5.58. The van der Waals surface area contributed by atoms with Gasteiger partial charge >= 0.3 is 5.97 Å². The number of ether oxygens (including phenoxy) is 1. The van der Waals surface area contributed by atoms with Gasteiger partial charge in [-0.2, -0.15) is 0 Å². The van der Waals surface area contributed by atoms with Crippen LogP contribution in [0.5, 0.6) is 0 Å². The van der Waals surface area contributed by atoms with Gasteiger partial charge in [0, 0.05) is 5.56 Å². The summed E-state index contributed by atoms with van der Waals surface area (Å²) >= 11 is 4.54. The molecule has 0 aliphatic heterocycles. The van der Waals surface area contributed by atoms with Crippen molar-refractivity contribution in [2.24, 2.45) is 0 Å². The summed E-state index contributed by atoms with van der Waals surface area (Å²) in [5, 5.41) is 0.281. The lowest BCUT2D eigenvalue weighted by molar-refractivity contribution is 0.0526. The molecule has 3 nitrogen and oxygen atoms in total. The summed E-state index contributed by atoms with van der Waals surface area (Å²) < 4.78 is 18.4. The van der Waals surface area contributed by atoms with Crippen LogP contribution in [0.1, 0.15) is 16.7 Å². The average molecular weight is 330 g/mol. The van der Waals surface area contributed by atoms with Crippen LogP contribution >= 0.6 is 27.3 Å².